The minimum Gasteiger partial charge on any atom is -0.456 e. The molecule has 0 saturated heterocycles. The first kappa shape index (κ1) is 16.5. The molecule has 2 aromatic heterocycles. The van der Waals surface area contributed by atoms with E-state index in [0.29, 0.717) is 21.8 Å². The number of halogens is 3. The van der Waals surface area contributed by atoms with Gasteiger partial charge in [-0.25, -0.2) is 18.6 Å². The fourth-order valence-electron chi connectivity index (χ4n) is 2.75. The van der Waals surface area contributed by atoms with Crippen molar-refractivity contribution in [1.82, 2.24) is 9.97 Å². The number of carbonyl (C=O) groups is 1. The van der Waals surface area contributed by atoms with Gasteiger partial charge < -0.3 is 9.72 Å². The van der Waals surface area contributed by atoms with E-state index in [9.17, 15) is 13.6 Å². The quantitative estimate of drug-likeness (QED) is 0.406. The zero-order chi connectivity index (χ0) is 18.3. The lowest BCUT2D eigenvalue weighted by atomic mass is 10.1. The van der Waals surface area contributed by atoms with Crippen LogP contribution in [0.15, 0.2) is 48.5 Å². The van der Waals surface area contributed by atoms with Gasteiger partial charge in [-0.3, -0.25) is 0 Å². The number of esters is 1. The van der Waals surface area contributed by atoms with Gasteiger partial charge in [-0.1, -0.05) is 41.9 Å². The van der Waals surface area contributed by atoms with Crippen LogP contribution >= 0.6 is 11.6 Å². The van der Waals surface area contributed by atoms with E-state index in [1.54, 1.807) is 0 Å². The van der Waals surface area contributed by atoms with Crippen molar-refractivity contribution in [2.24, 2.45) is 0 Å². The van der Waals surface area contributed by atoms with E-state index in [2.05, 4.69) is 9.97 Å². The molecule has 0 atom stereocenters. The lowest BCUT2D eigenvalue weighted by molar-refractivity contribution is 0.0466. The first-order valence-corrected chi connectivity index (χ1v) is 8.09. The molecule has 0 amide bonds. The summed E-state index contributed by atoms with van der Waals surface area (Å²) in [5, 5.41) is 0.886. The molecule has 0 aliphatic rings. The second kappa shape index (κ2) is 6.38. The van der Waals surface area contributed by atoms with Crippen molar-refractivity contribution in [3.63, 3.8) is 0 Å². The highest BCUT2D eigenvalue weighted by atomic mass is 35.5. The minimum absolute atomic E-state index is 0.0101. The van der Waals surface area contributed by atoms with Crippen LogP contribution < -0.4 is 0 Å². The first-order valence-electron chi connectivity index (χ1n) is 7.71. The highest BCUT2D eigenvalue weighted by Gasteiger charge is 2.17. The summed E-state index contributed by atoms with van der Waals surface area (Å²) in [6, 6.07) is 12.7. The van der Waals surface area contributed by atoms with Crippen molar-refractivity contribution >= 4 is 39.4 Å². The second-order valence-corrected chi connectivity index (χ2v) is 6.08. The maximum Gasteiger partial charge on any atom is 0.357 e. The van der Waals surface area contributed by atoms with Crippen LogP contribution in [0.25, 0.3) is 21.8 Å². The van der Waals surface area contributed by atoms with Gasteiger partial charge in [0.15, 0.2) is 22.5 Å². The van der Waals surface area contributed by atoms with Gasteiger partial charge >= 0.3 is 5.97 Å². The molecule has 0 aliphatic heterocycles. The fraction of sp³-hybridized carbons (Fsp3) is 0.0526. The molecule has 4 rings (SSSR count). The minimum atomic E-state index is -0.987. The number of aromatic nitrogens is 2. The van der Waals surface area contributed by atoms with E-state index in [1.807, 2.05) is 30.3 Å². The monoisotopic (exact) mass is 372 g/mol. The molecule has 26 heavy (non-hydrogen) atoms. The number of hydrogen-bond donors (Lipinski definition) is 1. The molecular weight excluding hydrogens is 362 g/mol. The highest BCUT2D eigenvalue weighted by molar-refractivity contribution is 6.35. The van der Waals surface area contributed by atoms with Crippen LogP contribution in [-0.2, 0) is 11.3 Å². The van der Waals surface area contributed by atoms with Gasteiger partial charge in [0, 0.05) is 22.4 Å². The molecule has 7 heteroatoms. The lowest BCUT2D eigenvalue weighted by Crippen LogP contribution is -2.07. The zero-order valence-electron chi connectivity index (χ0n) is 13.2. The van der Waals surface area contributed by atoms with Crippen LogP contribution in [0.3, 0.4) is 0 Å². The molecule has 0 bridgehead atoms. The number of rotatable bonds is 3. The molecule has 130 valence electrons. The topological polar surface area (TPSA) is 55.0 Å². The van der Waals surface area contributed by atoms with E-state index >= 15 is 0 Å². The average molecular weight is 373 g/mol. The van der Waals surface area contributed by atoms with Gasteiger partial charge in [0.25, 0.3) is 0 Å². The van der Waals surface area contributed by atoms with Crippen molar-refractivity contribution in [3.8, 4) is 0 Å². The molecule has 1 N–H and O–H groups in total. The normalized spacial score (nSPS) is 11.2. The van der Waals surface area contributed by atoms with Crippen LogP contribution in [0, 0.1) is 11.6 Å². The van der Waals surface area contributed by atoms with Gasteiger partial charge in [0.1, 0.15) is 6.61 Å². The third kappa shape index (κ3) is 2.88. The summed E-state index contributed by atoms with van der Waals surface area (Å²) in [4.78, 5) is 19.2. The number of H-pyrrole nitrogens is 1. The maximum absolute atomic E-state index is 13.6. The largest absolute Gasteiger partial charge is 0.456 e. The van der Waals surface area contributed by atoms with Crippen molar-refractivity contribution < 1.29 is 18.3 Å². The van der Waals surface area contributed by atoms with Crippen LogP contribution in [0.4, 0.5) is 8.78 Å². The van der Waals surface area contributed by atoms with Gasteiger partial charge in [0.2, 0.25) is 0 Å². The second-order valence-electron chi connectivity index (χ2n) is 5.72. The molecule has 4 nitrogen and oxygen atoms in total. The predicted octanol–water partition coefficient (Wildman–Crippen LogP) is 5.00. The van der Waals surface area contributed by atoms with Gasteiger partial charge in [-0.15, -0.1) is 0 Å². The summed E-state index contributed by atoms with van der Waals surface area (Å²) >= 11 is 6.14. The predicted molar refractivity (Wildman–Crippen MR) is 94.1 cm³/mol. The number of ether oxygens (including phenoxy) is 1. The number of hydrogen-bond acceptors (Lipinski definition) is 3. The smallest absolute Gasteiger partial charge is 0.357 e. The number of carbonyl (C=O) groups excluding carboxylic acids is 1. The summed E-state index contributed by atoms with van der Waals surface area (Å²) in [6.45, 7) is 0.0880. The number of nitrogens with zero attached hydrogens (tertiary/aromatic N) is 1. The van der Waals surface area contributed by atoms with Crippen molar-refractivity contribution in [2.75, 3.05) is 0 Å². The molecule has 0 aliphatic carbocycles. The Kier molecular flexibility index (Phi) is 4.05. The van der Waals surface area contributed by atoms with E-state index < -0.39 is 17.6 Å². The molecule has 2 aromatic carbocycles. The van der Waals surface area contributed by atoms with Gasteiger partial charge in [-0.2, -0.15) is 0 Å². The van der Waals surface area contributed by atoms with Crippen molar-refractivity contribution in [2.45, 2.75) is 6.61 Å². The Morgan fingerprint density at radius 1 is 1.08 bits per heavy atom. The third-order valence-electron chi connectivity index (χ3n) is 4.01. The summed E-state index contributed by atoms with van der Waals surface area (Å²) in [6.07, 6.45) is 0. The number of pyridine rings is 1. The van der Waals surface area contributed by atoms with E-state index in [-0.39, 0.29) is 17.5 Å². The van der Waals surface area contributed by atoms with Crippen LogP contribution in [-0.4, -0.2) is 15.9 Å². The third-order valence-corrected chi connectivity index (χ3v) is 4.28. The lowest BCUT2D eigenvalue weighted by Gasteiger charge is -2.05. The Morgan fingerprint density at radius 2 is 1.81 bits per heavy atom. The molecule has 0 unspecified atom stereocenters. The Bertz CT molecular complexity index is 1140. The maximum atomic E-state index is 13.6. The van der Waals surface area contributed by atoms with Gasteiger partial charge in [0.05, 0.1) is 5.52 Å². The highest BCUT2D eigenvalue weighted by Crippen LogP contribution is 2.31. The molecule has 0 fully saturated rings. The standard InChI is InChI=1S/C19H11ClF2N2O2/c20-18-17-12(11-6-13(21)14(22)8-15(11)23-17)7-16(24-18)19(25)26-9-10-4-2-1-3-5-10/h1-8,23H,9H2. The Morgan fingerprint density at radius 3 is 2.58 bits per heavy atom. The van der Waals surface area contributed by atoms with Crippen molar-refractivity contribution in [1.29, 1.82) is 0 Å². The summed E-state index contributed by atoms with van der Waals surface area (Å²) in [5.41, 5.74) is 1.57. The molecule has 0 spiro atoms. The Labute approximate surface area is 151 Å². The zero-order valence-corrected chi connectivity index (χ0v) is 14.0. The Hall–Kier alpha value is -2.99. The summed E-state index contributed by atoms with van der Waals surface area (Å²) < 4.78 is 32.3. The first-order chi connectivity index (χ1) is 12.5. The number of benzene rings is 2. The molecule has 4 aromatic rings. The van der Waals surface area contributed by atoms with E-state index in [4.69, 9.17) is 16.3 Å². The summed E-state index contributed by atoms with van der Waals surface area (Å²) in [7, 11) is 0. The molecule has 2 heterocycles. The van der Waals surface area contributed by atoms with E-state index in [0.717, 1.165) is 17.7 Å². The number of fused-ring (bicyclic) bond motifs is 3. The molecular formula is C19H11ClF2N2O2. The van der Waals surface area contributed by atoms with Crippen LogP contribution in [0.2, 0.25) is 5.15 Å². The Balaban J connectivity index is 1.72. The van der Waals surface area contributed by atoms with Crippen molar-refractivity contribution in [3.05, 3.63) is 76.6 Å². The summed E-state index contributed by atoms with van der Waals surface area (Å²) in [5.74, 6) is -2.62. The fourth-order valence-corrected chi connectivity index (χ4v) is 2.99. The molecule has 0 radical (unpaired) electrons. The van der Waals surface area contributed by atoms with Crippen LogP contribution in [0.5, 0.6) is 0 Å². The molecule has 0 saturated carbocycles. The average Bonchev–Trinajstić information content (AvgIpc) is 2.99. The van der Waals surface area contributed by atoms with Crippen LogP contribution in [0.1, 0.15) is 16.1 Å². The number of aromatic amines is 1. The number of nitrogens with one attached hydrogen (secondary N) is 1. The van der Waals surface area contributed by atoms with Gasteiger partial charge in [-0.05, 0) is 17.7 Å². The SMILES string of the molecule is O=C(OCc1ccccc1)c1cc2c([nH]c3cc(F)c(F)cc32)c(Cl)n1. The van der Waals surface area contributed by atoms with E-state index in [1.165, 1.54) is 6.07 Å².